The number of allylic oxidation sites excluding steroid dienone is 1. The van der Waals surface area contributed by atoms with Crippen molar-refractivity contribution in [3.05, 3.63) is 76.9 Å². The van der Waals surface area contributed by atoms with E-state index in [0.717, 1.165) is 11.6 Å². The van der Waals surface area contributed by atoms with Gasteiger partial charge >= 0.3 is 0 Å². The van der Waals surface area contributed by atoms with Crippen LogP contribution in [-0.2, 0) is 11.3 Å². The Bertz CT molecular complexity index is 1180. The molecule has 0 saturated carbocycles. The highest BCUT2D eigenvalue weighted by molar-refractivity contribution is 6.03. The van der Waals surface area contributed by atoms with E-state index in [9.17, 15) is 13.6 Å². The molecule has 0 aliphatic carbocycles. The number of fused-ring (bicyclic) bond motifs is 1. The second-order valence-electron chi connectivity index (χ2n) is 7.74. The quantitative estimate of drug-likeness (QED) is 0.790. The topological polar surface area (TPSA) is 80.8 Å². The number of amidine groups is 1. The number of nitrogens with one attached hydrogen (secondary N) is 1. The van der Waals surface area contributed by atoms with Crippen molar-refractivity contribution in [2.24, 2.45) is 10.1 Å². The van der Waals surface area contributed by atoms with E-state index in [1.807, 2.05) is 18.2 Å². The van der Waals surface area contributed by atoms with Crippen LogP contribution in [0.3, 0.4) is 0 Å². The van der Waals surface area contributed by atoms with Gasteiger partial charge in [0.15, 0.2) is 0 Å². The van der Waals surface area contributed by atoms with Gasteiger partial charge in [-0.15, -0.1) is 0 Å². The number of hydrogen-bond acceptors (Lipinski definition) is 4. The summed E-state index contributed by atoms with van der Waals surface area (Å²) in [4.78, 5) is 17.4. The molecule has 8 heteroatoms. The first-order chi connectivity index (χ1) is 15.4. The molecule has 4 rings (SSSR count). The van der Waals surface area contributed by atoms with Gasteiger partial charge in [-0.1, -0.05) is 18.2 Å². The summed E-state index contributed by atoms with van der Waals surface area (Å²) < 4.78 is 27.8. The highest BCUT2D eigenvalue weighted by Crippen LogP contribution is 2.28. The molecule has 32 heavy (non-hydrogen) atoms. The first-order valence-electron chi connectivity index (χ1n) is 10.2. The predicted molar refractivity (Wildman–Crippen MR) is 117 cm³/mol. The fraction of sp³-hybridized carbons (Fsp3) is 0.250. The van der Waals surface area contributed by atoms with Gasteiger partial charge < -0.3 is 5.32 Å². The van der Waals surface area contributed by atoms with E-state index in [1.54, 1.807) is 19.1 Å². The number of carbonyl (C=O) groups is 1. The zero-order valence-electron chi connectivity index (χ0n) is 17.5. The Kier molecular flexibility index (Phi) is 6.08. The lowest BCUT2D eigenvalue weighted by molar-refractivity contribution is -0.133. The third kappa shape index (κ3) is 4.72. The van der Waals surface area contributed by atoms with Crippen LogP contribution in [0.4, 0.5) is 8.78 Å². The molecule has 1 atom stereocenters. The van der Waals surface area contributed by atoms with Crippen LogP contribution in [0.15, 0.2) is 58.6 Å². The summed E-state index contributed by atoms with van der Waals surface area (Å²) in [5, 5.41) is 18.0. The first-order valence-corrected chi connectivity index (χ1v) is 10.2. The fourth-order valence-corrected chi connectivity index (χ4v) is 3.70. The minimum Gasteiger partial charge on any atom is -0.351 e. The second kappa shape index (κ2) is 9.10. The monoisotopic (exact) mass is 433 g/mol. The van der Waals surface area contributed by atoms with Gasteiger partial charge in [0.1, 0.15) is 23.6 Å². The molecule has 0 radical (unpaired) electrons. The Morgan fingerprint density at radius 2 is 2.03 bits per heavy atom. The Morgan fingerprint density at radius 3 is 2.75 bits per heavy atom. The van der Waals surface area contributed by atoms with Gasteiger partial charge in [-0.05, 0) is 42.3 Å². The molecule has 2 aromatic rings. The van der Waals surface area contributed by atoms with Crippen molar-refractivity contribution in [2.45, 2.75) is 38.9 Å². The number of nitrogens with zero attached hydrogens (tertiary/aromatic N) is 4. The largest absolute Gasteiger partial charge is 0.351 e. The number of benzene rings is 2. The van der Waals surface area contributed by atoms with Crippen LogP contribution in [0.25, 0.3) is 5.57 Å². The summed E-state index contributed by atoms with van der Waals surface area (Å²) >= 11 is 0. The molecule has 1 fully saturated rings. The van der Waals surface area contributed by atoms with Crippen LogP contribution < -0.4 is 5.32 Å². The zero-order chi connectivity index (χ0) is 22.7. The van der Waals surface area contributed by atoms with Crippen molar-refractivity contribution in [2.75, 3.05) is 0 Å². The van der Waals surface area contributed by atoms with Gasteiger partial charge in [-0.2, -0.15) is 10.4 Å². The van der Waals surface area contributed by atoms with Crippen LogP contribution in [0.5, 0.6) is 0 Å². The summed E-state index contributed by atoms with van der Waals surface area (Å²) in [5.74, 6) is -0.962. The lowest BCUT2D eigenvalue weighted by Gasteiger charge is -2.36. The van der Waals surface area contributed by atoms with Crippen LogP contribution in [-0.4, -0.2) is 28.6 Å². The number of aliphatic imine (C=N–C) groups is 1. The Labute approximate surface area is 184 Å². The van der Waals surface area contributed by atoms with Crippen LogP contribution in [0.1, 0.15) is 42.9 Å². The lowest BCUT2D eigenvalue weighted by Crippen LogP contribution is -2.55. The van der Waals surface area contributed by atoms with Gasteiger partial charge in [0, 0.05) is 30.2 Å². The SMILES string of the molecule is CC1=NN2C(=O)CC(=NCc3ccc(C#N)cc3)NC2CC(c2ccc(F)cc2F)=CC1. The lowest BCUT2D eigenvalue weighted by atomic mass is 9.97. The Balaban J connectivity index is 1.58. The average Bonchev–Trinajstić information content (AvgIpc) is 2.76. The maximum atomic E-state index is 14.5. The molecule has 2 aliphatic heterocycles. The minimum absolute atomic E-state index is 0.0769. The summed E-state index contributed by atoms with van der Waals surface area (Å²) in [5.41, 5.74) is 3.16. The minimum atomic E-state index is -0.644. The molecular weight excluding hydrogens is 412 g/mol. The Hall–Kier alpha value is -3.86. The van der Waals surface area contributed by atoms with Crippen molar-refractivity contribution in [3.63, 3.8) is 0 Å². The van der Waals surface area contributed by atoms with Crippen molar-refractivity contribution in [1.82, 2.24) is 10.3 Å². The molecular formula is C24H21F2N5O. The summed E-state index contributed by atoms with van der Waals surface area (Å²) in [6.45, 7) is 2.16. The highest BCUT2D eigenvalue weighted by Gasteiger charge is 2.33. The molecule has 1 unspecified atom stereocenters. The maximum Gasteiger partial charge on any atom is 0.252 e. The number of hydrazone groups is 1. The number of hydrogen-bond donors (Lipinski definition) is 1. The first kappa shape index (κ1) is 21.4. The zero-order valence-corrected chi connectivity index (χ0v) is 17.5. The van der Waals surface area contributed by atoms with Gasteiger partial charge in [0.25, 0.3) is 5.91 Å². The standard InChI is InChI=1S/C24H21F2N5O/c1-15-2-7-18(20-9-8-19(25)11-21(20)26)10-23-29-22(12-24(32)31(23)30-15)28-14-17-5-3-16(13-27)4-6-17/h3-9,11,23H,2,10,12,14H2,1H3,(H,28,29). The van der Waals surface area contributed by atoms with E-state index in [0.29, 0.717) is 47.6 Å². The summed E-state index contributed by atoms with van der Waals surface area (Å²) in [6.07, 6.45) is 2.15. The maximum absolute atomic E-state index is 14.5. The molecule has 6 nitrogen and oxygen atoms in total. The fourth-order valence-electron chi connectivity index (χ4n) is 3.70. The van der Waals surface area contributed by atoms with Crippen LogP contribution in [0.2, 0.25) is 0 Å². The number of amides is 1. The smallest absolute Gasteiger partial charge is 0.252 e. The van der Waals surface area contributed by atoms with Gasteiger partial charge in [-0.25, -0.2) is 13.8 Å². The molecule has 2 heterocycles. The van der Waals surface area contributed by atoms with Crippen molar-refractivity contribution in [1.29, 1.82) is 5.26 Å². The molecule has 0 bridgehead atoms. The van der Waals surface area contributed by atoms with E-state index < -0.39 is 17.8 Å². The Morgan fingerprint density at radius 1 is 1.25 bits per heavy atom. The number of nitriles is 1. The highest BCUT2D eigenvalue weighted by atomic mass is 19.1. The molecule has 2 aliphatic rings. The number of rotatable bonds is 3. The molecule has 1 N–H and O–H groups in total. The summed E-state index contributed by atoms with van der Waals surface area (Å²) in [7, 11) is 0. The molecule has 0 aromatic heterocycles. The third-order valence-electron chi connectivity index (χ3n) is 5.35. The van der Waals surface area contributed by atoms with E-state index in [1.165, 1.54) is 17.1 Å². The second-order valence-corrected chi connectivity index (χ2v) is 7.74. The van der Waals surface area contributed by atoms with E-state index >= 15 is 0 Å². The van der Waals surface area contributed by atoms with E-state index in [2.05, 4.69) is 21.5 Å². The van der Waals surface area contributed by atoms with Gasteiger partial charge in [0.05, 0.1) is 24.6 Å². The van der Waals surface area contributed by atoms with Crippen molar-refractivity contribution < 1.29 is 13.6 Å². The van der Waals surface area contributed by atoms with Crippen molar-refractivity contribution in [3.8, 4) is 6.07 Å². The predicted octanol–water partition coefficient (Wildman–Crippen LogP) is 4.14. The molecule has 162 valence electrons. The van der Waals surface area contributed by atoms with Crippen LogP contribution in [0, 0.1) is 23.0 Å². The third-order valence-corrected chi connectivity index (χ3v) is 5.35. The number of halogens is 2. The van der Waals surface area contributed by atoms with E-state index in [4.69, 9.17) is 5.26 Å². The van der Waals surface area contributed by atoms with Gasteiger partial charge in [-0.3, -0.25) is 9.79 Å². The van der Waals surface area contributed by atoms with Gasteiger partial charge in [0.2, 0.25) is 0 Å². The molecule has 1 saturated heterocycles. The molecule has 1 amide bonds. The molecule has 0 spiro atoms. The normalized spacial score (nSPS) is 19.8. The van der Waals surface area contributed by atoms with E-state index in [-0.39, 0.29) is 12.3 Å². The average molecular weight is 433 g/mol. The van der Waals surface area contributed by atoms with Crippen molar-refractivity contribution >= 4 is 23.0 Å². The van der Waals surface area contributed by atoms with Crippen LogP contribution >= 0.6 is 0 Å². The number of carbonyl (C=O) groups excluding carboxylic acids is 1. The molecule has 2 aromatic carbocycles. The summed E-state index contributed by atoms with van der Waals surface area (Å²) in [6, 6.07) is 12.7.